The molecule has 18 heavy (non-hydrogen) atoms. The van der Waals surface area contributed by atoms with Crippen LogP contribution in [-0.4, -0.2) is 31.1 Å². The van der Waals surface area contributed by atoms with E-state index < -0.39 is 17.9 Å². The molecule has 1 heterocycles. The average molecular weight is 248 g/mol. The lowest BCUT2D eigenvalue weighted by molar-refractivity contribution is -0.118. The third-order valence-corrected chi connectivity index (χ3v) is 2.48. The molecule has 0 aromatic heterocycles. The Balaban J connectivity index is 2.45. The summed E-state index contributed by atoms with van der Waals surface area (Å²) in [6.07, 6.45) is -0.644. The number of nitrogens with one attached hydrogen (secondary N) is 1. The Kier molecular flexibility index (Phi) is 3.27. The van der Waals surface area contributed by atoms with Crippen molar-refractivity contribution in [2.45, 2.75) is 6.92 Å². The summed E-state index contributed by atoms with van der Waals surface area (Å²) in [5, 5.41) is 2.20. The standard InChI is InChI=1S/C12H12N2O4/c1-2-18-12(17)14-7-10(15)13-11(16)8-5-3-4-6-9(8)14/h3-6H,2,7H2,1H3,(H,13,15,16). The Bertz CT molecular complexity index is 513. The van der Waals surface area contributed by atoms with Gasteiger partial charge < -0.3 is 4.74 Å². The molecule has 1 aliphatic rings. The van der Waals surface area contributed by atoms with Crippen LogP contribution in [0, 0.1) is 0 Å². The predicted octanol–water partition coefficient (Wildman–Crippen LogP) is 0.919. The van der Waals surface area contributed by atoms with Gasteiger partial charge in [0.2, 0.25) is 5.91 Å². The first-order chi connectivity index (χ1) is 8.63. The van der Waals surface area contributed by atoms with Crippen LogP contribution in [0.1, 0.15) is 17.3 Å². The van der Waals surface area contributed by atoms with Crippen LogP contribution in [0.5, 0.6) is 0 Å². The lowest BCUT2D eigenvalue weighted by Gasteiger charge is -2.19. The monoisotopic (exact) mass is 248 g/mol. The molecule has 1 N–H and O–H groups in total. The number of para-hydroxylation sites is 1. The average Bonchev–Trinajstić information content (AvgIpc) is 2.47. The number of amides is 3. The van der Waals surface area contributed by atoms with Crippen molar-refractivity contribution >= 4 is 23.6 Å². The molecule has 94 valence electrons. The van der Waals surface area contributed by atoms with E-state index in [1.54, 1.807) is 31.2 Å². The van der Waals surface area contributed by atoms with Crippen molar-refractivity contribution in [2.24, 2.45) is 0 Å². The molecule has 0 unspecified atom stereocenters. The third kappa shape index (κ3) is 2.17. The Morgan fingerprint density at radius 2 is 2.11 bits per heavy atom. The molecule has 0 saturated heterocycles. The summed E-state index contributed by atoms with van der Waals surface area (Å²) in [6.45, 7) is 1.64. The quantitative estimate of drug-likeness (QED) is 0.750. The van der Waals surface area contributed by atoms with E-state index >= 15 is 0 Å². The van der Waals surface area contributed by atoms with Gasteiger partial charge in [0, 0.05) is 0 Å². The fourth-order valence-electron chi connectivity index (χ4n) is 1.73. The van der Waals surface area contributed by atoms with Crippen LogP contribution < -0.4 is 10.2 Å². The van der Waals surface area contributed by atoms with Gasteiger partial charge in [-0.1, -0.05) is 12.1 Å². The number of benzene rings is 1. The van der Waals surface area contributed by atoms with E-state index in [9.17, 15) is 14.4 Å². The van der Waals surface area contributed by atoms with Crippen molar-refractivity contribution in [2.75, 3.05) is 18.1 Å². The highest BCUT2D eigenvalue weighted by Crippen LogP contribution is 2.22. The molecule has 0 bridgehead atoms. The van der Waals surface area contributed by atoms with Crippen molar-refractivity contribution in [3.05, 3.63) is 29.8 Å². The second-order valence-electron chi connectivity index (χ2n) is 3.68. The summed E-state index contributed by atoms with van der Waals surface area (Å²) in [5.41, 5.74) is 0.649. The molecule has 3 amide bonds. The van der Waals surface area contributed by atoms with Gasteiger partial charge in [0.25, 0.3) is 5.91 Å². The highest BCUT2D eigenvalue weighted by Gasteiger charge is 2.29. The van der Waals surface area contributed by atoms with E-state index in [-0.39, 0.29) is 18.7 Å². The highest BCUT2D eigenvalue weighted by atomic mass is 16.6. The van der Waals surface area contributed by atoms with Gasteiger partial charge in [-0.05, 0) is 19.1 Å². The molecule has 0 radical (unpaired) electrons. The molecule has 0 spiro atoms. The van der Waals surface area contributed by atoms with Gasteiger partial charge in [0.15, 0.2) is 0 Å². The summed E-state index contributed by atoms with van der Waals surface area (Å²) in [6, 6.07) is 6.51. The number of rotatable bonds is 1. The molecule has 6 nitrogen and oxygen atoms in total. The maximum absolute atomic E-state index is 11.8. The second kappa shape index (κ2) is 4.87. The number of hydrogen-bond donors (Lipinski definition) is 1. The van der Waals surface area contributed by atoms with Gasteiger partial charge in [-0.2, -0.15) is 0 Å². The molecule has 6 heteroatoms. The minimum absolute atomic E-state index is 0.201. The van der Waals surface area contributed by atoms with Crippen molar-refractivity contribution < 1.29 is 19.1 Å². The first-order valence-corrected chi connectivity index (χ1v) is 5.51. The van der Waals surface area contributed by atoms with Gasteiger partial charge >= 0.3 is 6.09 Å². The zero-order chi connectivity index (χ0) is 13.1. The minimum atomic E-state index is -0.644. The van der Waals surface area contributed by atoms with E-state index in [2.05, 4.69) is 5.32 Å². The Hall–Kier alpha value is -2.37. The summed E-state index contributed by atoms with van der Waals surface area (Å²) in [7, 11) is 0. The van der Waals surface area contributed by atoms with Crippen molar-refractivity contribution in [1.29, 1.82) is 0 Å². The van der Waals surface area contributed by atoms with Gasteiger partial charge in [-0.3, -0.25) is 19.8 Å². The molecular formula is C12H12N2O4. The van der Waals surface area contributed by atoms with E-state index in [0.29, 0.717) is 5.69 Å². The third-order valence-electron chi connectivity index (χ3n) is 2.48. The maximum Gasteiger partial charge on any atom is 0.414 e. The first kappa shape index (κ1) is 12.1. The van der Waals surface area contributed by atoms with Crippen molar-refractivity contribution in [3.8, 4) is 0 Å². The van der Waals surface area contributed by atoms with E-state index in [4.69, 9.17) is 4.74 Å². The number of nitrogens with zero attached hydrogens (tertiary/aromatic N) is 1. The molecule has 1 aliphatic heterocycles. The molecule has 2 rings (SSSR count). The van der Waals surface area contributed by atoms with Crippen LogP contribution in [0.4, 0.5) is 10.5 Å². The number of anilines is 1. The molecule has 0 aliphatic carbocycles. The van der Waals surface area contributed by atoms with Crippen LogP contribution in [-0.2, 0) is 9.53 Å². The van der Waals surface area contributed by atoms with E-state index in [1.165, 1.54) is 0 Å². The number of carbonyl (C=O) groups is 3. The number of hydrogen-bond acceptors (Lipinski definition) is 4. The van der Waals surface area contributed by atoms with Gasteiger partial charge in [-0.25, -0.2) is 4.79 Å². The largest absolute Gasteiger partial charge is 0.449 e. The van der Waals surface area contributed by atoms with Gasteiger partial charge in [0.1, 0.15) is 6.54 Å². The molecule has 1 aromatic carbocycles. The summed E-state index contributed by atoms with van der Waals surface area (Å²) < 4.78 is 4.87. The summed E-state index contributed by atoms with van der Waals surface area (Å²) >= 11 is 0. The molecular weight excluding hydrogens is 236 g/mol. The van der Waals surface area contributed by atoms with Gasteiger partial charge in [0.05, 0.1) is 17.9 Å². The van der Waals surface area contributed by atoms with Crippen LogP contribution in [0.2, 0.25) is 0 Å². The Labute approximate surface area is 104 Å². The number of imide groups is 1. The SMILES string of the molecule is CCOC(=O)N1CC(=O)NC(=O)c2ccccc21. The van der Waals surface area contributed by atoms with Crippen LogP contribution >= 0.6 is 0 Å². The predicted molar refractivity (Wildman–Crippen MR) is 63.3 cm³/mol. The first-order valence-electron chi connectivity index (χ1n) is 5.51. The zero-order valence-electron chi connectivity index (χ0n) is 9.80. The highest BCUT2D eigenvalue weighted by molar-refractivity contribution is 6.14. The fourth-order valence-corrected chi connectivity index (χ4v) is 1.73. The number of ether oxygens (including phenoxy) is 1. The lowest BCUT2D eigenvalue weighted by Crippen LogP contribution is -2.39. The normalized spacial score (nSPS) is 14.6. The minimum Gasteiger partial charge on any atom is -0.449 e. The summed E-state index contributed by atoms with van der Waals surface area (Å²) in [5.74, 6) is -1.05. The number of fused-ring (bicyclic) bond motifs is 1. The van der Waals surface area contributed by atoms with Crippen molar-refractivity contribution in [1.82, 2.24) is 5.32 Å². The van der Waals surface area contributed by atoms with Gasteiger partial charge in [-0.15, -0.1) is 0 Å². The van der Waals surface area contributed by atoms with Crippen LogP contribution in [0.3, 0.4) is 0 Å². The van der Waals surface area contributed by atoms with Crippen LogP contribution in [0.25, 0.3) is 0 Å². The summed E-state index contributed by atoms with van der Waals surface area (Å²) in [4.78, 5) is 36.2. The Morgan fingerprint density at radius 1 is 1.39 bits per heavy atom. The van der Waals surface area contributed by atoms with Crippen molar-refractivity contribution in [3.63, 3.8) is 0 Å². The van der Waals surface area contributed by atoms with Crippen LogP contribution in [0.15, 0.2) is 24.3 Å². The lowest BCUT2D eigenvalue weighted by atomic mass is 10.1. The maximum atomic E-state index is 11.8. The fraction of sp³-hybridized carbons (Fsp3) is 0.250. The molecule has 0 saturated carbocycles. The number of carbonyl (C=O) groups excluding carboxylic acids is 3. The Morgan fingerprint density at radius 3 is 2.83 bits per heavy atom. The van der Waals surface area contributed by atoms with E-state index in [0.717, 1.165) is 4.90 Å². The zero-order valence-corrected chi connectivity index (χ0v) is 9.80. The molecule has 1 aromatic rings. The van der Waals surface area contributed by atoms with E-state index in [1.807, 2.05) is 0 Å². The molecule has 0 fully saturated rings. The topological polar surface area (TPSA) is 75.7 Å². The smallest absolute Gasteiger partial charge is 0.414 e. The molecule has 0 atom stereocenters. The second-order valence-corrected chi connectivity index (χ2v) is 3.68.